The first-order chi connectivity index (χ1) is 16.9. The maximum Gasteiger partial charge on any atom is 0.406 e. The van der Waals surface area contributed by atoms with Crippen LogP contribution in [0.1, 0.15) is 52.7 Å². The van der Waals surface area contributed by atoms with Crippen molar-refractivity contribution in [3.63, 3.8) is 0 Å². The van der Waals surface area contributed by atoms with E-state index in [4.69, 9.17) is 9.47 Å². The van der Waals surface area contributed by atoms with Gasteiger partial charge in [-0.25, -0.2) is 4.79 Å². The number of ether oxygens (including phenoxy) is 2. The highest BCUT2D eigenvalue weighted by Gasteiger charge is 2.32. The maximum atomic E-state index is 13.5. The number of nitro groups is 1. The number of esters is 1. The molecule has 9 nitrogen and oxygen atoms in total. The number of anilines is 1. The van der Waals surface area contributed by atoms with Crippen LogP contribution in [0.15, 0.2) is 48.7 Å². The highest BCUT2D eigenvalue weighted by Crippen LogP contribution is 2.41. The second kappa shape index (κ2) is 10.6. The number of thiophene rings is 1. The predicted molar refractivity (Wildman–Crippen MR) is 131 cm³/mol. The van der Waals surface area contributed by atoms with Crippen LogP contribution in [0.4, 0.5) is 10.8 Å². The summed E-state index contributed by atoms with van der Waals surface area (Å²) in [7, 11) is 0. The van der Waals surface area contributed by atoms with Crippen molar-refractivity contribution in [3.05, 3.63) is 80.3 Å². The third-order valence-corrected chi connectivity index (χ3v) is 6.91. The molecule has 1 N–H and O–H groups in total. The second-order valence-corrected chi connectivity index (χ2v) is 9.36. The molecule has 1 aliphatic rings. The fraction of sp³-hybridized carbons (Fsp3) is 0.320. The lowest BCUT2D eigenvalue weighted by Crippen LogP contribution is -2.26. The lowest BCUT2D eigenvalue weighted by Gasteiger charge is -2.19. The van der Waals surface area contributed by atoms with Gasteiger partial charge in [0.25, 0.3) is 5.91 Å². The first-order valence-electron chi connectivity index (χ1n) is 11.3. The van der Waals surface area contributed by atoms with Crippen LogP contribution in [-0.2, 0) is 22.4 Å². The number of nitrogens with zero attached hydrogens (tertiary/aromatic N) is 2. The molecule has 1 aromatic carbocycles. The third-order valence-electron chi connectivity index (χ3n) is 5.74. The standard InChI is InChI=1S/C25H25N3O6S/c1-3-33-25(30)20-17-12-11-15(2)14-19(17)35-24(20)27-23(29)21(16-8-5-4-6-9-16)34-18-10-7-13-26-22(18)28(31)32/h4-10,13,15,21H,3,11-12,14H2,1-2H3,(H,27,29). The van der Waals surface area contributed by atoms with E-state index in [0.717, 1.165) is 29.7 Å². The second-order valence-electron chi connectivity index (χ2n) is 8.26. The number of aromatic nitrogens is 1. The van der Waals surface area contributed by atoms with Crippen LogP contribution in [-0.4, -0.2) is 28.4 Å². The number of benzene rings is 1. The summed E-state index contributed by atoms with van der Waals surface area (Å²) in [4.78, 5) is 42.0. The third kappa shape index (κ3) is 5.32. The molecule has 2 heterocycles. The number of carbonyl (C=O) groups is 2. The molecule has 3 aromatic rings. The van der Waals surface area contributed by atoms with Gasteiger partial charge < -0.3 is 24.9 Å². The Morgan fingerprint density at radius 2 is 2.03 bits per heavy atom. The van der Waals surface area contributed by atoms with Crippen LogP contribution in [0, 0.1) is 16.0 Å². The Morgan fingerprint density at radius 3 is 2.74 bits per heavy atom. The summed E-state index contributed by atoms with van der Waals surface area (Å²) in [6.07, 6.45) is 2.57. The van der Waals surface area contributed by atoms with Gasteiger partial charge in [0.2, 0.25) is 11.9 Å². The van der Waals surface area contributed by atoms with E-state index in [1.807, 2.05) is 0 Å². The number of rotatable bonds is 8. The Hall–Kier alpha value is -3.79. The van der Waals surface area contributed by atoms with E-state index >= 15 is 0 Å². The molecule has 1 aliphatic carbocycles. The maximum absolute atomic E-state index is 13.5. The van der Waals surface area contributed by atoms with Crippen molar-refractivity contribution in [2.45, 2.75) is 39.2 Å². The van der Waals surface area contributed by atoms with Gasteiger partial charge in [-0.3, -0.25) is 4.79 Å². The van der Waals surface area contributed by atoms with Gasteiger partial charge in [-0.2, -0.15) is 0 Å². The molecule has 0 bridgehead atoms. The zero-order valence-electron chi connectivity index (χ0n) is 19.4. The summed E-state index contributed by atoms with van der Waals surface area (Å²) in [6.45, 7) is 4.11. The minimum Gasteiger partial charge on any atom is -0.467 e. The summed E-state index contributed by atoms with van der Waals surface area (Å²) in [5, 5.41) is 14.7. The topological polar surface area (TPSA) is 121 Å². The van der Waals surface area contributed by atoms with Crippen LogP contribution in [0.3, 0.4) is 0 Å². The van der Waals surface area contributed by atoms with E-state index in [0.29, 0.717) is 22.0 Å². The van der Waals surface area contributed by atoms with E-state index in [9.17, 15) is 19.7 Å². The summed E-state index contributed by atoms with van der Waals surface area (Å²) in [6, 6.07) is 11.6. The molecule has 1 amide bonds. The summed E-state index contributed by atoms with van der Waals surface area (Å²) < 4.78 is 11.2. The molecule has 0 fully saturated rings. The highest BCUT2D eigenvalue weighted by molar-refractivity contribution is 7.17. The minimum absolute atomic E-state index is 0.133. The van der Waals surface area contributed by atoms with Gasteiger partial charge in [0.15, 0.2) is 0 Å². The summed E-state index contributed by atoms with van der Waals surface area (Å²) >= 11 is 1.37. The van der Waals surface area contributed by atoms with Crippen LogP contribution in [0.25, 0.3) is 0 Å². The summed E-state index contributed by atoms with van der Waals surface area (Å²) in [5.41, 5.74) is 1.80. The van der Waals surface area contributed by atoms with E-state index < -0.39 is 28.7 Å². The Kier molecular flexibility index (Phi) is 7.40. The van der Waals surface area contributed by atoms with Gasteiger partial charge in [0, 0.05) is 10.4 Å². The van der Waals surface area contributed by atoms with Crippen LogP contribution in [0.2, 0.25) is 0 Å². The van der Waals surface area contributed by atoms with Gasteiger partial charge in [-0.15, -0.1) is 11.3 Å². The van der Waals surface area contributed by atoms with Gasteiger partial charge in [0.1, 0.15) is 11.2 Å². The molecule has 182 valence electrons. The monoisotopic (exact) mass is 495 g/mol. The lowest BCUT2D eigenvalue weighted by molar-refractivity contribution is -0.390. The molecule has 35 heavy (non-hydrogen) atoms. The van der Waals surface area contributed by atoms with Gasteiger partial charge in [-0.1, -0.05) is 37.3 Å². The number of amides is 1. The molecular formula is C25H25N3O6S. The van der Waals surface area contributed by atoms with E-state index in [1.54, 1.807) is 37.3 Å². The number of hydrogen-bond acceptors (Lipinski definition) is 8. The van der Waals surface area contributed by atoms with Crippen molar-refractivity contribution >= 4 is 34.0 Å². The van der Waals surface area contributed by atoms with E-state index in [2.05, 4.69) is 17.2 Å². The summed E-state index contributed by atoms with van der Waals surface area (Å²) in [5.74, 6) is -1.19. The van der Waals surface area contributed by atoms with E-state index in [-0.39, 0.29) is 12.4 Å². The quantitative estimate of drug-likeness (QED) is 0.262. The first kappa shape index (κ1) is 24.3. The fourth-order valence-corrected chi connectivity index (χ4v) is 5.48. The van der Waals surface area contributed by atoms with Crippen molar-refractivity contribution in [1.29, 1.82) is 0 Å². The van der Waals surface area contributed by atoms with Crippen molar-refractivity contribution in [3.8, 4) is 5.75 Å². The van der Waals surface area contributed by atoms with Crippen molar-refractivity contribution in [1.82, 2.24) is 4.98 Å². The normalized spacial score (nSPS) is 15.5. The predicted octanol–water partition coefficient (Wildman–Crippen LogP) is 5.11. The number of fused-ring (bicyclic) bond motifs is 1. The molecule has 2 unspecified atom stereocenters. The Morgan fingerprint density at radius 1 is 1.26 bits per heavy atom. The molecular weight excluding hydrogens is 470 g/mol. The zero-order valence-corrected chi connectivity index (χ0v) is 20.2. The highest BCUT2D eigenvalue weighted by atomic mass is 32.1. The Bertz CT molecular complexity index is 1240. The van der Waals surface area contributed by atoms with Crippen LogP contribution in [0.5, 0.6) is 5.75 Å². The van der Waals surface area contributed by atoms with Gasteiger partial charge in [0.05, 0.1) is 12.2 Å². The molecule has 4 rings (SSSR count). The zero-order chi connectivity index (χ0) is 24.9. The number of hydrogen-bond donors (Lipinski definition) is 1. The fourth-order valence-electron chi connectivity index (χ4n) is 4.07. The van der Waals surface area contributed by atoms with E-state index in [1.165, 1.54) is 29.7 Å². The number of carbonyl (C=O) groups excluding carboxylic acids is 2. The molecule has 10 heteroatoms. The molecule has 2 atom stereocenters. The largest absolute Gasteiger partial charge is 0.467 e. The number of nitrogens with one attached hydrogen (secondary N) is 1. The average Bonchev–Trinajstić information content (AvgIpc) is 3.20. The average molecular weight is 496 g/mol. The minimum atomic E-state index is -1.22. The SMILES string of the molecule is CCOC(=O)c1c(NC(=O)C(Oc2cccnc2[N+](=O)[O-])c2ccccc2)sc2c1CCC(C)C2. The van der Waals surface area contributed by atoms with Crippen molar-refractivity contribution < 1.29 is 24.0 Å². The molecule has 0 aliphatic heterocycles. The van der Waals surface area contributed by atoms with Gasteiger partial charge in [-0.05, 0) is 59.7 Å². The van der Waals surface area contributed by atoms with Crippen molar-refractivity contribution in [2.75, 3.05) is 11.9 Å². The molecule has 2 aromatic heterocycles. The van der Waals surface area contributed by atoms with Crippen LogP contribution >= 0.6 is 11.3 Å². The van der Waals surface area contributed by atoms with Gasteiger partial charge >= 0.3 is 11.8 Å². The molecule has 0 radical (unpaired) electrons. The smallest absolute Gasteiger partial charge is 0.406 e. The van der Waals surface area contributed by atoms with Crippen molar-refractivity contribution in [2.24, 2.45) is 5.92 Å². The van der Waals surface area contributed by atoms with Crippen LogP contribution < -0.4 is 10.1 Å². The Balaban J connectivity index is 1.70. The Labute approximate surface area is 206 Å². The molecule has 0 saturated carbocycles. The number of pyridine rings is 1. The molecule has 0 saturated heterocycles. The molecule has 0 spiro atoms. The first-order valence-corrected chi connectivity index (χ1v) is 12.1. The lowest BCUT2D eigenvalue weighted by atomic mass is 9.88.